The lowest BCUT2D eigenvalue weighted by molar-refractivity contribution is 0.109. The molecule has 2 heteroatoms. The second kappa shape index (κ2) is 6.24. The fourth-order valence-electron chi connectivity index (χ4n) is 2.73. The molecule has 0 radical (unpaired) electrons. The first-order valence-corrected chi connectivity index (χ1v) is 7.56. The van der Waals surface area contributed by atoms with Gasteiger partial charge in [0, 0.05) is 17.9 Å². The molecular formula is C13H26BrN. The first-order valence-electron chi connectivity index (χ1n) is 6.43. The molecule has 0 heterocycles. The number of alkyl halides is 1. The second-order valence-corrected chi connectivity index (χ2v) is 5.91. The molecule has 0 atom stereocenters. The predicted molar refractivity (Wildman–Crippen MR) is 71.7 cm³/mol. The van der Waals surface area contributed by atoms with Crippen molar-refractivity contribution in [2.24, 2.45) is 5.41 Å². The van der Waals surface area contributed by atoms with Gasteiger partial charge in [-0.15, -0.1) is 0 Å². The molecule has 0 N–H and O–H groups in total. The second-order valence-electron chi connectivity index (χ2n) is 5.35. The molecule has 1 aliphatic rings. The zero-order valence-electron chi connectivity index (χ0n) is 10.6. The summed E-state index contributed by atoms with van der Waals surface area (Å²) >= 11 is 3.75. The third-order valence-electron chi connectivity index (χ3n) is 3.87. The lowest BCUT2D eigenvalue weighted by Gasteiger charge is -2.41. The minimum atomic E-state index is 0.568. The number of rotatable bonds is 5. The largest absolute Gasteiger partial charge is 0.301 e. The van der Waals surface area contributed by atoms with Crippen molar-refractivity contribution in [3.05, 3.63) is 0 Å². The minimum Gasteiger partial charge on any atom is -0.301 e. The van der Waals surface area contributed by atoms with Gasteiger partial charge in [0.05, 0.1) is 0 Å². The maximum absolute atomic E-state index is 3.75. The van der Waals surface area contributed by atoms with Crippen LogP contribution in [0.5, 0.6) is 0 Å². The van der Waals surface area contributed by atoms with Crippen molar-refractivity contribution in [2.75, 3.05) is 18.4 Å². The first-order chi connectivity index (χ1) is 7.13. The Morgan fingerprint density at radius 3 is 2.20 bits per heavy atom. The van der Waals surface area contributed by atoms with Gasteiger partial charge in [-0.2, -0.15) is 0 Å². The van der Waals surface area contributed by atoms with Crippen molar-refractivity contribution in [2.45, 2.75) is 58.9 Å². The highest BCUT2D eigenvalue weighted by molar-refractivity contribution is 9.09. The van der Waals surface area contributed by atoms with Crippen LogP contribution in [0.2, 0.25) is 0 Å². The highest BCUT2D eigenvalue weighted by Crippen LogP contribution is 2.38. The molecule has 0 spiro atoms. The molecular weight excluding hydrogens is 250 g/mol. The number of hydrogen-bond acceptors (Lipinski definition) is 1. The summed E-state index contributed by atoms with van der Waals surface area (Å²) < 4.78 is 0. The summed E-state index contributed by atoms with van der Waals surface area (Å²) in [6.07, 6.45) is 7.15. The smallest absolute Gasteiger partial charge is 0.0100 e. The lowest BCUT2D eigenvalue weighted by atomic mass is 9.75. The standard InChI is InChI=1S/C13H26BrN/c1-4-15(12(2)3)11-13(10-14)8-6-5-7-9-13/h12H,4-11H2,1-3H3. The molecule has 0 aromatic rings. The third kappa shape index (κ3) is 3.74. The van der Waals surface area contributed by atoms with E-state index in [1.807, 2.05) is 0 Å². The van der Waals surface area contributed by atoms with Crippen molar-refractivity contribution in [3.8, 4) is 0 Å². The van der Waals surface area contributed by atoms with Crippen molar-refractivity contribution < 1.29 is 0 Å². The van der Waals surface area contributed by atoms with E-state index < -0.39 is 0 Å². The summed E-state index contributed by atoms with van der Waals surface area (Å²) in [6, 6.07) is 0.688. The monoisotopic (exact) mass is 275 g/mol. The van der Waals surface area contributed by atoms with Crippen molar-refractivity contribution in [1.29, 1.82) is 0 Å². The molecule has 0 saturated heterocycles. The van der Waals surface area contributed by atoms with Gasteiger partial charge in [-0.05, 0) is 38.6 Å². The molecule has 1 fully saturated rings. The zero-order valence-corrected chi connectivity index (χ0v) is 12.1. The Morgan fingerprint density at radius 2 is 1.80 bits per heavy atom. The molecule has 1 rings (SSSR count). The normalized spacial score (nSPS) is 21.2. The van der Waals surface area contributed by atoms with E-state index in [0.29, 0.717) is 11.5 Å². The van der Waals surface area contributed by atoms with Gasteiger partial charge in [-0.1, -0.05) is 42.1 Å². The van der Waals surface area contributed by atoms with Crippen LogP contribution < -0.4 is 0 Å². The lowest BCUT2D eigenvalue weighted by Crippen LogP contribution is -2.43. The van der Waals surface area contributed by atoms with Gasteiger partial charge in [0.2, 0.25) is 0 Å². The summed E-state index contributed by atoms with van der Waals surface area (Å²) in [7, 11) is 0. The van der Waals surface area contributed by atoms with Gasteiger partial charge in [-0.25, -0.2) is 0 Å². The Hall–Kier alpha value is 0.440. The van der Waals surface area contributed by atoms with E-state index in [-0.39, 0.29) is 0 Å². The highest BCUT2D eigenvalue weighted by atomic mass is 79.9. The fraction of sp³-hybridized carbons (Fsp3) is 1.00. The molecule has 1 saturated carbocycles. The van der Waals surface area contributed by atoms with Gasteiger partial charge < -0.3 is 4.90 Å². The summed E-state index contributed by atoms with van der Waals surface area (Å²) in [5.74, 6) is 0. The van der Waals surface area contributed by atoms with Crippen LogP contribution in [-0.2, 0) is 0 Å². The highest BCUT2D eigenvalue weighted by Gasteiger charge is 2.32. The van der Waals surface area contributed by atoms with Crippen LogP contribution >= 0.6 is 15.9 Å². The third-order valence-corrected chi connectivity index (χ3v) is 5.06. The van der Waals surface area contributed by atoms with Crippen molar-refractivity contribution in [1.82, 2.24) is 4.90 Å². The van der Waals surface area contributed by atoms with E-state index in [9.17, 15) is 0 Å². The van der Waals surface area contributed by atoms with Crippen LogP contribution in [0.25, 0.3) is 0 Å². The Kier molecular flexibility index (Phi) is 5.62. The van der Waals surface area contributed by atoms with Gasteiger partial charge in [-0.3, -0.25) is 0 Å². The number of halogens is 1. The van der Waals surface area contributed by atoms with Crippen LogP contribution in [0, 0.1) is 5.41 Å². The molecule has 15 heavy (non-hydrogen) atoms. The first kappa shape index (κ1) is 13.5. The fourth-order valence-corrected chi connectivity index (χ4v) is 3.46. The maximum Gasteiger partial charge on any atom is 0.0100 e. The summed E-state index contributed by atoms with van der Waals surface area (Å²) in [5, 5.41) is 1.18. The molecule has 1 nitrogen and oxygen atoms in total. The van der Waals surface area contributed by atoms with Crippen LogP contribution in [0.15, 0.2) is 0 Å². The quantitative estimate of drug-likeness (QED) is 0.684. The van der Waals surface area contributed by atoms with E-state index in [0.717, 1.165) is 0 Å². The molecule has 0 unspecified atom stereocenters. The average molecular weight is 276 g/mol. The molecule has 0 aromatic carbocycles. The summed E-state index contributed by atoms with van der Waals surface area (Å²) in [6.45, 7) is 9.38. The molecule has 1 aliphatic carbocycles. The van der Waals surface area contributed by atoms with Crippen molar-refractivity contribution >= 4 is 15.9 Å². The van der Waals surface area contributed by atoms with E-state index in [1.165, 1.54) is 50.5 Å². The van der Waals surface area contributed by atoms with Crippen LogP contribution in [0.1, 0.15) is 52.9 Å². The van der Waals surface area contributed by atoms with Crippen LogP contribution in [0.4, 0.5) is 0 Å². The van der Waals surface area contributed by atoms with Gasteiger partial charge in [0.25, 0.3) is 0 Å². The molecule has 0 aliphatic heterocycles. The molecule has 0 bridgehead atoms. The van der Waals surface area contributed by atoms with Crippen molar-refractivity contribution in [3.63, 3.8) is 0 Å². The van der Waals surface area contributed by atoms with E-state index in [4.69, 9.17) is 0 Å². The van der Waals surface area contributed by atoms with Gasteiger partial charge in [0.1, 0.15) is 0 Å². The number of hydrogen-bond donors (Lipinski definition) is 0. The van der Waals surface area contributed by atoms with Crippen LogP contribution in [0.3, 0.4) is 0 Å². The Morgan fingerprint density at radius 1 is 1.20 bits per heavy atom. The van der Waals surface area contributed by atoms with E-state index >= 15 is 0 Å². The molecule has 0 aromatic heterocycles. The summed E-state index contributed by atoms with van der Waals surface area (Å²) in [5.41, 5.74) is 0.568. The van der Waals surface area contributed by atoms with Crippen LogP contribution in [-0.4, -0.2) is 29.4 Å². The Bertz CT molecular complexity index is 173. The zero-order chi connectivity index (χ0) is 11.3. The predicted octanol–water partition coefficient (Wildman–Crippen LogP) is 4.06. The minimum absolute atomic E-state index is 0.568. The van der Waals surface area contributed by atoms with E-state index in [2.05, 4.69) is 41.6 Å². The summed E-state index contributed by atoms with van der Waals surface area (Å²) in [4.78, 5) is 2.62. The topological polar surface area (TPSA) is 3.24 Å². The average Bonchev–Trinajstić information content (AvgIpc) is 2.27. The molecule has 0 amide bonds. The SMILES string of the molecule is CCN(CC1(CBr)CCCCC1)C(C)C. The molecule has 90 valence electrons. The van der Waals surface area contributed by atoms with Gasteiger partial charge >= 0.3 is 0 Å². The van der Waals surface area contributed by atoms with E-state index in [1.54, 1.807) is 0 Å². The maximum atomic E-state index is 3.75. The van der Waals surface area contributed by atoms with Gasteiger partial charge in [0.15, 0.2) is 0 Å². The Labute approximate surface area is 104 Å². The number of nitrogens with zero attached hydrogens (tertiary/aromatic N) is 1. The Balaban J connectivity index is 2.57.